The Kier molecular flexibility index (Phi) is 6.09. The molecule has 0 spiro atoms. The first-order chi connectivity index (χ1) is 13.4. The Hall–Kier alpha value is -2.73. The molecule has 3 N–H and O–H groups in total. The zero-order chi connectivity index (χ0) is 20.1. The van der Waals surface area contributed by atoms with Gasteiger partial charge in [-0.1, -0.05) is 30.3 Å². The third-order valence-corrected chi connectivity index (χ3v) is 5.32. The Morgan fingerprint density at radius 3 is 2.18 bits per heavy atom. The largest absolute Gasteiger partial charge is 0.497 e. The van der Waals surface area contributed by atoms with Crippen LogP contribution in [0.3, 0.4) is 0 Å². The van der Waals surface area contributed by atoms with Crippen LogP contribution in [0.2, 0.25) is 0 Å². The monoisotopic (exact) mass is 383 g/mol. The number of carbonyl (C=O) groups excluding carboxylic acids is 1. The van der Waals surface area contributed by atoms with Crippen molar-refractivity contribution in [1.29, 1.82) is 0 Å². The summed E-state index contributed by atoms with van der Waals surface area (Å²) in [6.07, 6.45) is 1.71. The second-order valence-electron chi connectivity index (χ2n) is 7.38. The van der Waals surface area contributed by atoms with Crippen LogP contribution in [0.4, 0.5) is 5.69 Å². The highest BCUT2D eigenvalue weighted by Gasteiger charge is 2.36. The summed E-state index contributed by atoms with van der Waals surface area (Å²) in [7, 11) is 3.28. The number of benzene rings is 2. The molecule has 0 bridgehead atoms. The molecule has 1 saturated heterocycles. The van der Waals surface area contributed by atoms with Crippen molar-refractivity contribution in [3.8, 4) is 11.5 Å². The highest BCUT2D eigenvalue weighted by Crippen LogP contribution is 2.28. The standard InChI is InChI=1S/C22H29N3O3/c1-22(23,16-7-5-4-6-8-16)21(26)25-11-9-17(10-12-25)24-18-13-19(27-2)15-20(14-18)28-3/h4-8,13-15,17,24H,9-12,23H2,1-3H3. The molecule has 0 aromatic heterocycles. The quantitative estimate of drug-likeness (QED) is 0.802. The smallest absolute Gasteiger partial charge is 0.246 e. The minimum Gasteiger partial charge on any atom is -0.497 e. The minimum absolute atomic E-state index is 0.0276. The van der Waals surface area contributed by atoms with Crippen LogP contribution in [-0.4, -0.2) is 44.2 Å². The van der Waals surface area contributed by atoms with Crippen molar-refractivity contribution in [3.05, 3.63) is 54.1 Å². The third kappa shape index (κ3) is 4.39. The van der Waals surface area contributed by atoms with Gasteiger partial charge in [0.15, 0.2) is 0 Å². The molecule has 0 radical (unpaired) electrons. The number of methoxy groups -OCH3 is 2. The summed E-state index contributed by atoms with van der Waals surface area (Å²) < 4.78 is 10.7. The molecule has 1 fully saturated rings. The van der Waals surface area contributed by atoms with Crippen LogP contribution in [-0.2, 0) is 10.3 Å². The third-order valence-electron chi connectivity index (χ3n) is 5.32. The lowest BCUT2D eigenvalue weighted by atomic mass is 9.90. The second-order valence-corrected chi connectivity index (χ2v) is 7.38. The summed E-state index contributed by atoms with van der Waals surface area (Å²) in [5.41, 5.74) is 7.18. The van der Waals surface area contributed by atoms with E-state index in [1.165, 1.54) is 0 Å². The molecule has 2 aromatic carbocycles. The Morgan fingerprint density at radius 1 is 1.07 bits per heavy atom. The van der Waals surface area contributed by atoms with Crippen LogP contribution in [0.15, 0.2) is 48.5 Å². The Morgan fingerprint density at radius 2 is 1.64 bits per heavy atom. The fourth-order valence-corrected chi connectivity index (χ4v) is 3.59. The molecular formula is C22H29N3O3. The van der Waals surface area contributed by atoms with Crippen molar-refractivity contribution < 1.29 is 14.3 Å². The molecular weight excluding hydrogens is 354 g/mol. The first kappa shape index (κ1) is 20.0. The number of carbonyl (C=O) groups is 1. The normalized spacial score (nSPS) is 16.9. The lowest BCUT2D eigenvalue weighted by Crippen LogP contribution is -2.54. The maximum Gasteiger partial charge on any atom is 0.246 e. The van der Waals surface area contributed by atoms with Gasteiger partial charge in [-0.25, -0.2) is 0 Å². The van der Waals surface area contributed by atoms with Gasteiger partial charge in [0.05, 0.1) is 14.2 Å². The van der Waals surface area contributed by atoms with Crippen LogP contribution < -0.4 is 20.5 Å². The first-order valence-corrected chi connectivity index (χ1v) is 9.57. The molecule has 2 aromatic rings. The number of anilines is 1. The molecule has 1 amide bonds. The molecule has 3 rings (SSSR count). The Bertz CT molecular complexity index is 778. The minimum atomic E-state index is -1.01. The van der Waals surface area contributed by atoms with Gasteiger partial charge in [-0.05, 0) is 25.3 Å². The van der Waals surface area contributed by atoms with Gasteiger partial charge in [0.1, 0.15) is 17.0 Å². The zero-order valence-electron chi connectivity index (χ0n) is 16.8. The van der Waals surface area contributed by atoms with E-state index in [0.717, 1.165) is 35.6 Å². The van der Waals surface area contributed by atoms with Crippen LogP contribution >= 0.6 is 0 Å². The lowest BCUT2D eigenvalue weighted by molar-refractivity contribution is -0.137. The van der Waals surface area contributed by atoms with Gasteiger partial charge in [0.2, 0.25) is 5.91 Å². The molecule has 1 atom stereocenters. The van der Waals surface area contributed by atoms with Gasteiger partial charge in [-0.15, -0.1) is 0 Å². The molecule has 28 heavy (non-hydrogen) atoms. The molecule has 1 aliphatic heterocycles. The fourth-order valence-electron chi connectivity index (χ4n) is 3.59. The van der Waals surface area contributed by atoms with E-state index in [4.69, 9.17) is 15.2 Å². The van der Waals surface area contributed by atoms with Crippen LogP contribution in [0, 0.1) is 0 Å². The predicted molar refractivity (Wildman–Crippen MR) is 111 cm³/mol. The summed E-state index contributed by atoms with van der Waals surface area (Å²) >= 11 is 0. The summed E-state index contributed by atoms with van der Waals surface area (Å²) in [6.45, 7) is 3.14. The van der Waals surface area contributed by atoms with E-state index < -0.39 is 5.54 Å². The number of hydrogen-bond acceptors (Lipinski definition) is 5. The molecule has 0 aliphatic carbocycles. The number of rotatable bonds is 6. The van der Waals surface area contributed by atoms with Crippen molar-refractivity contribution in [2.24, 2.45) is 5.73 Å². The molecule has 150 valence electrons. The van der Waals surface area contributed by atoms with Crippen LogP contribution in [0.1, 0.15) is 25.3 Å². The number of likely N-dealkylation sites (tertiary alicyclic amines) is 1. The van der Waals surface area contributed by atoms with Crippen molar-refractivity contribution >= 4 is 11.6 Å². The van der Waals surface area contributed by atoms with Gasteiger partial charge >= 0.3 is 0 Å². The molecule has 6 nitrogen and oxygen atoms in total. The fraction of sp³-hybridized carbons (Fsp3) is 0.409. The van der Waals surface area contributed by atoms with E-state index in [-0.39, 0.29) is 11.9 Å². The number of piperidine rings is 1. The van der Waals surface area contributed by atoms with Gasteiger partial charge in [-0.3, -0.25) is 4.79 Å². The van der Waals surface area contributed by atoms with Crippen LogP contribution in [0.5, 0.6) is 11.5 Å². The van der Waals surface area contributed by atoms with Crippen molar-refractivity contribution in [3.63, 3.8) is 0 Å². The molecule has 1 heterocycles. The Labute approximate surface area is 166 Å². The van der Waals surface area contributed by atoms with E-state index in [1.54, 1.807) is 21.1 Å². The van der Waals surface area contributed by atoms with Gasteiger partial charge in [-0.2, -0.15) is 0 Å². The van der Waals surface area contributed by atoms with E-state index in [1.807, 2.05) is 53.4 Å². The SMILES string of the molecule is COc1cc(NC2CCN(C(=O)C(C)(N)c3ccccc3)CC2)cc(OC)c1. The highest BCUT2D eigenvalue weighted by atomic mass is 16.5. The number of nitrogens with zero attached hydrogens (tertiary/aromatic N) is 1. The molecule has 1 unspecified atom stereocenters. The van der Waals surface area contributed by atoms with Gasteiger partial charge in [0, 0.05) is 43.0 Å². The van der Waals surface area contributed by atoms with Crippen molar-refractivity contribution in [1.82, 2.24) is 4.90 Å². The number of amides is 1. The first-order valence-electron chi connectivity index (χ1n) is 9.57. The average molecular weight is 383 g/mol. The van der Waals surface area contributed by atoms with Crippen molar-refractivity contribution in [2.45, 2.75) is 31.3 Å². The van der Waals surface area contributed by atoms with Crippen molar-refractivity contribution in [2.75, 3.05) is 32.6 Å². The summed E-state index contributed by atoms with van der Waals surface area (Å²) in [4.78, 5) is 14.9. The van der Waals surface area contributed by atoms with E-state index >= 15 is 0 Å². The van der Waals surface area contributed by atoms with E-state index in [0.29, 0.717) is 13.1 Å². The van der Waals surface area contributed by atoms with Crippen LogP contribution in [0.25, 0.3) is 0 Å². The zero-order valence-corrected chi connectivity index (χ0v) is 16.8. The summed E-state index contributed by atoms with van der Waals surface area (Å²) in [5, 5.41) is 3.53. The average Bonchev–Trinajstić information content (AvgIpc) is 2.74. The van der Waals surface area contributed by atoms with Gasteiger partial charge in [0.25, 0.3) is 0 Å². The summed E-state index contributed by atoms with van der Waals surface area (Å²) in [5.74, 6) is 1.47. The molecule has 0 saturated carbocycles. The number of nitrogens with two attached hydrogens (primary N) is 1. The second kappa shape index (κ2) is 8.52. The topological polar surface area (TPSA) is 76.8 Å². The molecule has 1 aliphatic rings. The predicted octanol–water partition coefficient (Wildman–Crippen LogP) is 2.98. The van der Waals surface area contributed by atoms with E-state index in [9.17, 15) is 4.79 Å². The van der Waals surface area contributed by atoms with Gasteiger partial charge < -0.3 is 25.4 Å². The summed E-state index contributed by atoms with van der Waals surface area (Å²) in [6, 6.07) is 15.6. The number of ether oxygens (including phenoxy) is 2. The number of nitrogens with one attached hydrogen (secondary N) is 1. The number of hydrogen-bond donors (Lipinski definition) is 2. The molecule has 6 heteroatoms. The van der Waals surface area contributed by atoms with E-state index in [2.05, 4.69) is 5.32 Å². The Balaban J connectivity index is 1.61. The maximum atomic E-state index is 13.0. The maximum absolute atomic E-state index is 13.0. The highest BCUT2D eigenvalue weighted by molar-refractivity contribution is 5.87. The lowest BCUT2D eigenvalue weighted by Gasteiger charge is -2.37.